The van der Waals surface area contributed by atoms with Gasteiger partial charge < -0.3 is 10.2 Å². The second kappa shape index (κ2) is 10.7. The molecule has 1 aromatic heterocycles. The van der Waals surface area contributed by atoms with Gasteiger partial charge in [0.1, 0.15) is 6.54 Å². The third-order valence-electron chi connectivity index (χ3n) is 6.87. The maximum atomic E-state index is 13.5. The van der Waals surface area contributed by atoms with Crippen LogP contribution in [0.1, 0.15) is 23.1 Å². The fraction of sp³-hybridized carbons (Fsp3) is 0.241. The average molecular weight is 531 g/mol. The predicted octanol–water partition coefficient (Wildman–Crippen LogP) is 3.74. The number of aromatic nitrogens is 2. The molecule has 1 aliphatic heterocycles. The van der Waals surface area contributed by atoms with Crippen molar-refractivity contribution in [3.8, 4) is 0 Å². The molecule has 2 heterocycles. The van der Waals surface area contributed by atoms with E-state index in [1.165, 1.54) is 10.1 Å². The molecule has 4 aromatic rings. The van der Waals surface area contributed by atoms with Crippen LogP contribution in [0.15, 0.2) is 76.3 Å². The van der Waals surface area contributed by atoms with Gasteiger partial charge in [0, 0.05) is 26.1 Å². The average Bonchev–Trinajstić information content (AvgIpc) is 2.92. The number of carbonyl (C=O) groups is 2. The summed E-state index contributed by atoms with van der Waals surface area (Å²) in [5.41, 5.74) is 2.94. The Labute approximate surface area is 224 Å². The molecule has 8 nitrogen and oxygen atoms in total. The monoisotopic (exact) mass is 530 g/mol. The van der Waals surface area contributed by atoms with Crippen molar-refractivity contribution in [1.82, 2.24) is 14.0 Å². The Kier molecular flexibility index (Phi) is 7.15. The Bertz CT molecular complexity index is 1670. The van der Waals surface area contributed by atoms with Crippen LogP contribution in [0, 0.1) is 6.92 Å². The third-order valence-corrected chi connectivity index (χ3v) is 7.18. The number of hydrogen-bond donors (Lipinski definition) is 1. The summed E-state index contributed by atoms with van der Waals surface area (Å²) < 4.78 is 2.31. The topological polar surface area (TPSA) is 93.4 Å². The van der Waals surface area contributed by atoms with Crippen molar-refractivity contribution in [2.75, 3.05) is 11.9 Å². The first-order valence-electron chi connectivity index (χ1n) is 12.4. The molecule has 1 aliphatic rings. The lowest BCUT2D eigenvalue weighted by molar-refractivity contribution is -0.132. The summed E-state index contributed by atoms with van der Waals surface area (Å²) in [6.45, 7) is 2.59. The molecule has 0 atom stereocenters. The van der Waals surface area contributed by atoms with E-state index >= 15 is 0 Å². The van der Waals surface area contributed by atoms with E-state index in [1.807, 2.05) is 31.2 Å². The first-order valence-corrected chi connectivity index (χ1v) is 12.8. The summed E-state index contributed by atoms with van der Waals surface area (Å²) in [6, 6.07) is 19.9. The van der Waals surface area contributed by atoms with Gasteiger partial charge in [0.05, 0.1) is 21.6 Å². The first kappa shape index (κ1) is 25.5. The van der Waals surface area contributed by atoms with Crippen LogP contribution in [0.2, 0.25) is 5.02 Å². The molecule has 0 radical (unpaired) electrons. The van der Waals surface area contributed by atoms with E-state index in [-0.39, 0.29) is 25.4 Å². The number of amides is 2. The summed E-state index contributed by atoms with van der Waals surface area (Å²) in [4.78, 5) is 54.3. The minimum Gasteiger partial charge on any atom is -0.338 e. The van der Waals surface area contributed by atoms with Gasteiger partial charge in [0.15, 0.2) is 0 Å². The van der Waals surface area contributed by atoms with Crippen LogP contribution >= 0.6 is 11.6 Å². The molecule has 5 rings (SSSR count). The third kappa shape index (κ3) is 5.13. The number of nitrogens with zero attached hydrogens (tertiary/aromatic N) is 3. The van der Waals surface area contributed by atoms with E-state index in [9.17, 15) is 19.2 Å². The second-order valence-corrected chi connectivity index (χ2v) is 9.87. The lowest BCUT2D eigenvalue weighted by atomic mass is 10.00. The van der Waals surface area contributed by atoms with Crippen molar-refractivity contribution in [2.24, 2.45) is 0 Å². The highest BCUT2D eigenvalue weighted by Crippen LogP contribution is 2.23. The standard InChI is InChI=1S/C29H27ClN4O4/c1-19-10-11-24(23(30)16-19)31-26(35)18-34-25-9-5-4-8-22(25)28(37)33(29(34)38)15-13-27(36)32-14-12-20-6-2-3-7-21(20)17-32/h2-11,16H,12-15,17-18H2,1H3,(H,31,35). The van der Waals surface area contributed by atoms with Crippen molar-refractivity contribution in [1.29, 1.82) is 0 Å². The maximum absolute atomic E-state index is 13.5. The highest BCUT2D eigenvalue weighted by molar-refractivity contribution is 6.33. The van der Waals surface area contributed by atoms with Gasteiger partial charge in [-0.25, -0.2) is 4.79 Å². The molecule has 0 aliphatic carbocycles. The SMILES string of the molecule is Cc1ccc(NC(=O)Cn2c(=O)n(CCC(=O)N3CCc4ccccc4C3)c(=O)c3ccccc32)c(Cl)c1. The maximum Gasteiger partial charge on any atom is 0.331 e. The van der Waals surface area contributed by atoms with E-state index < -0.39 is 17.2 Å². The Hall–Kier alpha value is -4.17. The van der Waals surface area contributed by atoms with E-state index in [0.717, 1.165) is 22.1 Å². The summed E-state index contributed by atoms with van der Waals surface area (Å²) in [6.07, 6.45) is 0.769. The van der Waals surface area contributed by atoms with Gasteiger partial charge in [-0.05, 0) is 54.3 Å². The van der Waals surface area contributed by atoms with Crippen LogP contribution in [0.25, 0.3) is 10.9 Å². The van der Waals surface area contributed by atoms with Crippen molar-refractivity contribution >= 4 is 40.0 Å². The number of nitrogens with one attached hydrogen (secondary N) is 1. The molecule has 38 heavy (non-hydrogen) atoms. The summed E-state index contributed by atoms with van der Waals surface area (Å²) in [5, 5.41) is 3.42. The lowest BCUT2D eigenvalue weighted by Gasteiger charge is -2.29. The van der Waals surface area contributed by atoms with Crippen molar-refractivity contribution in [3.05, 3.63) is 109 Å². The zero-order valence-electron chi connectivity index (χ0n) is 20.9. The number of anilines is 1. The van der Waals surface area contributed by atoms with Crippen LogP contribution in [0.3, 0.4) is 0 Å². The van der Waals surface area contributed by atoms with Crippen LogP contribution < -0.4 is 16.6 Å². The summed E-state index contributed by atoms with van der Waals surface area (Å²) in [7, 11) is 0. The van der Waals surface area contributed by atoms with Gasteiger partial charge in [-0.2, -0.15) is 0 Å². The van der Waals surface area contributed by atoms with Crippen LogP contribution in [-0.4, -0.2) is 32.4 Å². The number of para-hydroxylation sites is 1. The minimum absolute atomic E-state index is 0.000818. The molecule has 3 aromatic carbocycles. The molecular formula is C29H27ClN4O4. The van der Waals surface area contributed by atoms with Gasteiger partial charge in [-0.15, -0.1) is 0 Å². The second-order valence-electron chi connectivity index (χ2n) is 9.46. The summed E-state index contributed by atoms with van der Waals surface area (Å²) in [5.74, 6) is -0.589. The largest absolute Gasteiger partial charge is 0.338 e. The predicted molar refractivity (Wildman–Crippen MR) is 147 cm³/mol. The smallest absolute Gasteiger partial charge is 0.331 e. The normalized spacial score (nSPS) is 12.8. The number of hydrogen-bond acceptors (Lipinski definition) is 4. The fourth-order valence-corrected chi connectivity index (χ4v) is 5.13. The van der Waals surface area contributed by atoms with Crippen molar-refractivity contribution in [3.63, 3.8) is 0 Å². The molecule has 9 heteroatoms. The van der Waals surface area contributed by atoms with Crippen LogP contribution in [-0.2, 0) is 35.6 Å². The lowest BCUT2D eigenvalue weighted by Crippen LogP contribution is -2.43. The number of rotatable bonds is 6. The van der Waals surface area contributed by atoms with E-state index in [1.54, 1.807) is 41.3 Å². The van der Waals surface area contributed by atoms with E-state index in [2.05, 4.69) is 11.4 Å². The number of carbonyl (C=O) groups excluding carboxylic acids is 2. The van der Waals surface area contributed by atoms with Gasteiger partial charge in [0.25, 0.3) is 5.56 Å². The molecule has 1 N–H and O–H groups in total. The van der Waals surface area contributed by atoms with E-state index in [0.29, 0.717) is 34.7 Å². The number of fused-ring (bicyclic) bond motifs is 2. The molecule has 0 saturated heterocycles. The van der Waals surface area contributed by atoms with Gasteiger partial charge in [0.2, 0.25) is 11.8 Å². The number of aryl methyl sites for hydroxylation is 1. The summed E-state index contributed by atoms with van der Waals surface area (Å²) >= 11 is 6.25. The fourth-order valence-electron chi connectivity index (χ4n) is 4.85. The molecule has 194 valence electrons. The van der Waals surface area contributed by atoms with Crippen LogP contribution in [0.4, 0.5) is 5.69 Å². The van der Waals surface area contributed by atoms with Gasteiger partial charge in [-0.3, -0.25) is 23.5 Å². The zero-order chi connectivity index (χ0) is 26.8. The minimum atomic E-state index is -0.643. The Balaban J connectivity index is 1.39. The number of halogens is 1. The van der Waals surface area contributed by atoms with E-state index in [4.69, 9.17) is 11.6 Å². The van der Waals surface area contributed by atoms with Crippen molar-refractivity contribution < 1.29 is 9.59 Å². The Morgan fingerprint density at radius 1 is 0.947 bits per heavy atom. The van der Waals surface area contributed by atoms with Gasteiger partial charge in [-0.1, -0.05) is 54.1 Å². The highest BCUT2D eigenvalue weighted by Gasteiger charge is 2.22. The Morgan fingerprint density at radius 2 is 1.68 bits per heavy atom. The number of benzene rings is 3. The molecule has 0 spiro atoms. The quantitative estimate of drug-likeness (QED) is 0.411. The molecule has 0 saturated carbocycles. The van der Waals surface area contributed by atoms with Crippen molar-refractivity contribution in [2.45, 2.75) is 39.4 Å². The first-order chi connectivity index (χ1) is 18.3. The molecular weight excluding hydrogens is 504 g/mol. The molecule has 2 amide bonds. The van der Waals surface area contributed by atoms with Crippen LogP contribution in [0.5, 0.6) is 0 Å². The Morgan fingerprint density at radius 3 is 2.47 bits per heavy atom. The molecule has 0 bridgehead atoms. The molecule has 0 unspecified atom stereocenters. The molecule has 0 fully saturated rings. The zero-order valence-corrected chi connectivity index (χ0v) is 21.7. The van der Waals surface area contributed by atoms with Gasteiger partial charge >= 0.3 is 5.69 Å². The highest BCUT2D eigenvalue weighted by atomic mass is 35.5.